The molecule has 2 aromatic carbocycles. The average molecular weight is 530 g/mol. The van der Waals surface area contributed by atoms with Crippen molar-refractivity contribution in [3.8, 4) is 17.0 Å². The lowest BCUT2D eigenvalue weighted by molar-refractivity contribution is 0.0322. The highest BCUT2D eigenvalue weighted by molar-refractivity contribution is 5.91. The SMILES string of the molecule is Fc1ccc(OCCN2CCOCC2)cc1-c1nccc2cnc(Nc3ccc(N4CCNCC4)cc3)nc12. The van der Waals surface area contributed by atoms with Gasteiger partial charge >= 0.3 is 0 Å². The van der Waals surface area contributed by atoms with E-state index < -0.39 is 0 Å². The Kier molecular flexibility index (Phi) is 7.75. The van der Waals surface area contributed by atoms with Crippen molar-refractivity contribution in [3.05, 3.63) is 66.7 Å². The van der Waals surface area contributed by atoms with Crippen molar-refractivity contribution in [3.63, 3.8) is 0 Å². The molecule has 4 heterocycles. The Bertz CT molecular complexity index is 1410. The van der Waals surface area contributed by atoms with Crippen LogP contribution >= 0.6 is 0 Å². The van der Waals surface area contributed by atoms with Crippen LogP contribution in [-0.4, -0.2) is 85.5 Å². The maximum absolute atomic E-state index is 15.1. The van der Waals surface area contributed by atoms with Crippen LogP contribution in [-0.2, 0) is 4.74 Å². The molecule has 9 nitrogen and oxygen atoms in total. The van der Waals surface area contributed by atoms with Gasteiger partial charge in [-0.15, -0.1) is 0 Å². The molecule has 2 fully saturated rings. The Labute approximate surface area is 227 Å². The summed E-state index contributed by atoms with van der Waals surface area (Å²) in [6, 6.07) is 14.8. The van der Waals surface area contributed by atoms with Gasteiger partial charge in [0.25, 0.3) is 0 Å². The standard InChI is InChI=1S/C29H32FN7O2/c30-26-6-5-24(39-18-15-36-13-16-38-17-14-36)19-25(26)28-27-21(7-8-32-28)20-33-29(35-27)34-22-1-3-23(4-2-22)37-11-9-31-10-12-37/h1-8,19-20,31H,9-18H2,(H,33,34,35). The van der Waals surface area contributed by atoms with Crippen molar-refractivity contribution in [2.75, 3.05) is 75.9 Å². The van der Waals surface area contributed by atoms with Crippen LogP contribution in [0.5, 0.6) is 5.75 Å². The summed E-state index contributed by atoms with van der Waals surface area (Å²) in [5.74, 6) is 0.632. The van der Waals surface area contributed by atoms with Gasteiger partial charge in [0.1, 0.15) is 23.7 Å². The van der Waals surface area contributed by atoms with Crippen LogP contribution in [0, 0.1) is 5.82 Å². The van der Waals surface area contributed by atoms with Crippen molar-refractivity contribution >= 4 is 28.2 Å². The van der Waals surface area contributed by atoms with Crippen LogP contribution in [0.15, 0.2) is 60.9 Å². The number of rotatable bonds is 8. The van der Waals surface area contributed by atoms with Gasteiger partial charge in [-0.05, 0) is 48.5 Å². The molecule has 2 aromatic heterocycles. The zero-order chi connectivity index (χ0) is 26.4. The average Bonchev–Trinajstić information content (AvgIpc) is 2.99. The normalized spacial score (nSPS) is 16.4. The molecular formula is C29H32FN7O2. The second-order valence-corrected chi connectivity index (χ2v) is 9.64. The summed E-state index contributed by atoms with van der Waals surface area (Å²) in [5, 5.41) is 7.43. The number of fused-ring (bicyclic) bond motifs is 1. The third-order valence-corrected chi connectivity index (χ3v) is 7.08. The van der Waals surface area contributed by atoms with Crippen molar-refractivity contribution in [1.82, 2.24) is 25.2 Å². The van der Waals surface area contributed by atoms with Gasteiger partial charge in [0, 0.05) is 80.5 Å². The van der Waals surface area contributed by atoms with Gasteiger partial charge in [-0.1, -0.05) is 0 Å². The Balaban J connectivity index is 1.20. The first-order valence-corrected chi connectivity index (χ1v) is 13.4. The molecule has 202 valence electrons. The molecule has 2 aliphatic rings. The quantitative estimate of drug-likeness (QED) is 0.355. The number of ether oxygens (including phenoxy) is 2. The molecule has 0 amide bonds. The molecule has 4 aromatic rings. The minimum absolute atomic E-state index is 0.342. The van der Waals surface area contributed by atoms with Gasteiger partial charge in [-0.3, -0.25) is 9.88 Å². The summed E-state index contributed by atoms with van der Waals surface area (Å²) < 4.78 is 26.4. The van der Waals surface area contributed by atoms with E-state index >= 15 is 4.39 Å². The van der Waals surface area contributed by atoms with E-state index in [2.05, 4.69) is 42.5 Å². The number of morpholine rings is 1. The topological polar surface area (TPSA) is 87.7 Å². The molecule has 2 saturated heterocycles. The first-order valence-electron chi connectivity index (χ1n) is 13.4. The highest BCUT2D eigenvalue weighted by Crippen LogP contribution is 2.31. The number of halogens is 1. The van der Waals surface area contributed by atoms with Crippen LogP contribution in [0.2, 0.25) is 0 Å². The molecule has 39 heavy (non-hydrogen) atoms. The Morgan fingerprint density at radius 1 is 0.974 bits per heavy atom. The largest absolute Gasteiger partial charge is 0.492 e. The number of piperazine rings is 1. The molecular weight excluding hydrogens is 497 g/mol. The number of anilines is 3. The molecule has 6 rings (SSSR count). The van der Waals surface area contributed by atoms with Gasteiger partial charge in [0.15, 0.2) is 0 Å². The van der Waals surface area contributed by atoms with Gasteiger partial charge < -0.3 is 25.0 Å². The maximum atomic E-state index is 15.1. The summed E-state index contributed by atoms with van der Waals surface area (Å²) >= 11 is 0. The number of hydrogen-bond acceptors (Lipinski definition) is 9. The van der Waals surface area contributed by atoms with E-state index in [9.17, 15) is 0 Å². The molecule has 0 aliphatic carbocycles. The molecule has 2 aliphatic heterocycles. The van der Waals surface area contributed by atoms with Gasteiger partial charge in [0.05, 0.1) is 18.9 Å². The van der Waals surface area contributed by atoms with Crippen molar-refractivity contribution < 1.29 is 13.9 Å². The van der Waals surface area contributed by atoms with Gasteiger partial charge in [-0.2, -0.15) is 0 Å². The number of hydrogen-bond donors (Lipinski definition) is 2. The second kappa shape index (κ2) is 11.9. The summed E-state index contributed by atoms with van der Waals surface area (Å²) in [5.41, 5.74) is 3.42. The molecule has 0 unspecified atom stereocenters. The molecule has 0 bridgehead atoms. The van der Waals surface area contributed by atoms with Crippen molar-refractivity contribution in [2.24, 2.45) is 0 Å². The van der Waals surface area contributed by atoms with E-state index in [-0.39, 0.29) is 5.82 Å². The molecule has 0 atom stereocenters. The number of nitrogens with one attached hydrogen (secondary N) is 2. The van der Waals surface area contributed by atoms with E-state index in [1.54, 1.807) is 24.5 Å². The summed E-state index contributed by atoms with van der Waals surface area (Å²) in [4.78, 5) is 18.4. The number of aromatic nitrogens is 3. The van der Waals surface area contributed by atoms with Crippen molar-refractivity contribution in [1.29, 1.82) is 0 Å². The van der Waals surface area contributed by atoms with E-state index in [0.29, 0.717) is 35.1 Å². The van der Waals surface area contributed by atoms with Crippen LogP contribution < -0.4 is 20.3 Å². The third kappa shape index (κ3) is 6.08. The highest BCUT2D eigenvalue weighted by Gasteiger charge is 2.16. The number of benzene rings is 2. The Morgan fingerprint density at radius 3 is 2.62 bits per heavy atom. The smallest absolute Gasteiger partial charge is 0.227 e. The molecule has 2 N–H and O–H groups in total. The predicted octanol–water partition coefficient (Wildman–Crippen LogP) is 3.70. The zero-order valence-corrected chi connectivity index (χ0v) is 21.8. The van der Waals surface area contributed by atoms with E-state index in [4.69, 9.17) is 14.5 Å². The fourth-order valence-corrected chi connectivity index (χ4v) is 4.91. The molecule has 0 saturated carbocycles. The van der Waals surface area contributed by atoms with E-state index in [1.807, 2.05) is 18.2 Å². The first-order chi connectivity index (χ1) is 19.2. The summed E-state index contributed by atoms with van der Waals surface area (Å²) in [7, 11) is 0. The number of pyridine rings is 1. The lowest BCUT2D eigenvalue weighted by Crippen LogP contribution is -2.43. The van der Waals surface area contributed by atoms with Crippen LogP contribution in [0.25, 0.3) is 22.2 Å². The molecule has 10 heteroatoms. The summed E-state index contributed by atoms with van der Waals surface area (Å²) in [6.07, 6.45) is 3.37. The van der Waals surface area contributed by atoms with Crippen LogP contribution in [0.1, 0.15) is 0 Å². The van der Waals surface area contributed by atoms with E-state index in [0.717, 1.165) is 70.1 Å². The zero-order valence-electron chi connectivity index (χ0n) is 21.8. The lowest BCUT2D eigenvalue weighted by atomic mass is 10.1. The Hall–Kier alpha value is -3.86. The first kappa shape index (κ1) is 25.4. The fraction of sp³-hybridized carbons (Fsp3) is 0.345. The molecule has 0 radical (unpaired) electrons. The van der Waals surface area contributed by atoms with Gasteiger partial charge in [0.2, 0.25) is 5.95 Å². The number of nitrogens with zero attached hydrogens (tertiary/aromatic N) is 5. The summed E-state index contributed by atoms with van der Waals surface area (Å²) in [6.45, 7) is 8.56. The minimum Gasteiger partial charge on any atom is -0.492 e. The monoisotopic (exact) mass is 529 g/mol. The highest BCUT2D eigenvalue weighted by atomic mass is 19.1. The fourth-order valence-electron chi connectivity index (χ4n) is 4.91. The van der Waals surface area contributed by atoms with Crippen LogP contribution in [0.3, 0.4) is 0 Å². The van der Waals surface area contributed by atoms with Crippen LogP contribution in [0.4, 0.5) is 21.7 Å². The minimum atomic E-state index is -0.382. The maximum Gasteiger partial charge on any atom is 0.227 e. The van der Waals surface area contributed by atoms with E-state index in [1.165, 1.54) is 11.8 Å². The third-order valence-electron chi connectivity index (χ3n) is 7.08. The lowest BCUT2D eigenvalue weighted by Gasteiger charge is -2.29. The van der Waals surface area contributed by atoms with Crippen molar-refractivity contribution in [2.45, 2.75) is 0 Å². The Morgan fingerprint density at radius 2 is 1.79 bits per heavy atom. The second-order valence-electron chi connectivity index (χ2n) is 9.64. The molecule has 0 spiro atoms. The predicted molar refractivity (Wildman–Crippen MR) is 150 cm³/mol. The van der Waals surface area contributed by atoms with Gasteiger partial charge in [-0.25, -0.2) is 14.4 Å².